The van der Waals surface area contributed by atoms with Crippen molar-refractivity contribution in [3.8, 4) is 5.75 Å². The number of aromatic nitrogens is 2. The number of anilines is 1. The molecule has 1 aromatic carbocycles. The van der Waals surface area contributed by atoms with Gasteiger partial charge in [0.05, 0.1) is 18.1 Å². The lowest BCUT2D eigenvalue weighted by Crippen LogP contribution is -2.35. The normalized spacial score (nSPS) is 11.8. The van der Waals surface area contributed by atoms with Gasteiger partial charge in [0, 0.05) is 6.04 Å². The van der Waals surface area contributed by atoms with Crippen molar-refractivity contribution in [3.63, 3.8) is 0 Å². The standard InChI is InChI=1S/C17H24N4OS/c1-4-13(3)19-17(23)20-15-10-18-21(11-15)12-22-16-8-6-14(5-2)7-9-16/h6-11,13H,4-5,12H2,1-3H3,(H2,19,20,23). The van der Waals surface area contributed by atoms with Gasteiger partial charge in [-0.3, -0.25) is 0 Å². The fourth-order valence-corrected chi connectivity index (χ4v) is 2.27. The molecule has 0 amide bonds. The van der Waals surface area contributed by atoms with Crippen molar-refractivity contribution in [3.05, 3.63) is 42.2 Å². The molecule has 1 aromatic heterocycles. The van der Waals surface area contributed by atoms with Gasteiger partial charge < -0.3 is 15.4 Å². The monoisotopic (exact) mass is 332 g/mol. The first-order valence-electron chi connectivity index (χ1n) is 7.92. The summed E-state index contributed by atoms with van der Waals surface area (Å²) in [6.07, 6.45) is 5.64. The zero-order valence-corrected chi connectivity index (χ0v) is 14.7. The summed E-state index contributed by atoms with van der Waals surface area (Å²) in [5.74, 6) is 0.834. The molecule has 0 saturated carbocycles. The predicted octanol–water partition coefficient (Wildman–Crippen LogP) is 3.57. The quantitative estimate of drug-likeness (QED) is 0.759. The van der Waals surface area contributed by atoms with Gasteiger partial charge in [0.1, 0.15) is 5.75 Å². The number of benzene rings is 1. The minimum atomic E-state index is 0.347. The van der Waals surface area contributed by atoms with Gasteiger partial charge in [-0.05, 0) is 49.7 Å². The summed E-state index contributed by atoms with van der Waals surface area (Å²) < 4.78 is 7.44. The Morgan fingerprint density at radius 1 is 1.30 bits per heavy atom. The summed E-state index contributed by atoms with van der Waals surface area (Å²) in [4.78, 5) is 0. The van der Waals surface area contributed by atoms with E-state index in [1.807, 2.05) is 18.3 Å². The van der Waals surface area contributed by atoms with Gasteiger partial charge in [-0.15, -0.1) is 0 Å². The molecule has 1 heterocycles. The predicted molar refractivity (Wildman–Crippen MR) is 97.8 cm³/mol. The van der Waals surface area contributed by atoms with Gasteiger partial charge in [-0.2, -0.15) is 5.10 Å². The Kier molecular flexibility index (Phi) is 6.40. The molecular weight excluding hydrogens is 308 g/mol. The molecule has 0 spiro atoms. The van der Waals surface area contributed by atoms with Crippen molar-refractivity contribution >= 4 is 23.0 Å². The lowest BCUT2D eigenvalue weighted by molar-refractivity contribution is 0.221. The van der Waals surface area contributed by atoms with Gasteiger partial charge in [0.25, 0.3) is 0 Å². The third kappa shape index (κ3) is 5.56. The van der Waals surface area contributed by atoms with E-state index < -0.39 is 0 Å². The fourth-order valence-electron chi connectivity index (χ4n) is 1.95. The molecule has 2 N–H and O–H groups in total. The number of hydrogen-bond acceptors (Lipinski definition) is 3. The smallest absolute Gasteiger partial charge is 0.180 e. The van der Waals surface area contributed by atoms with Crippen LogP contribution in [-0.2, 0) is 13.2 Å². The van der Waals surface area contributed by atoms with Crippen molar-refractivity contribution in [2.75, 3.05) is 5.32 Å². The summed E-state index contributed by atoms with van der Waals surface area (Å²) in [5.41, 5.74) is 2.14. The second kappa shape index (κ2) is 8.53. The van der Waals surface area contributed by atoms with E-state index in [9.17, 15) is 0 Å². The molecule has 6 heteroatoms. The van der Waals surface area contributed by atoms with Gasteiger partial charge >= 0.3 is 0 Å². The summed E-state index contributed by atoms with van der Waals surface area (Å²) in [6, 6.07) is 8.45. The maximum absolute atomic E-state index is 5.72. The molecule has 2 rings (SSSR count). The van der Waals surface area contributed by atoms with E-state index in [0.717, 1.165) is 24.3 Å². The second-order valence-corrected chi connectivity index (χ2v) is 5.86. The van der Waals surface area contributed by atoms with E-state index in [2.05, 4.69) is 48.6 Å². The van der Waals surface area contributed by atoms with Gasteiger partial charge in [0.15, 0.2) is 11.8 Å². The number of thiocarbonyl (C=S) groups is 1. The van der Waals surface area contributed by atoms with E-state index >= 15 is 0 Å². The first kappa shape index (κ1) is 17.3. The van der Waals surface area contributed by atoms with Crippen LogP contribution in [0.5, 0.6) is 5.75 Å². The van der Waals surface area contributed by atoms with Crippen LogP contribution in [0.15, 0.2) is 36.7 Å². The molecule has 0 radical (unpaired) electrons. The highest BCUT2D eigenvalue weighted by Crippen LogP contribution is 2.13. The van der Waals surface area contributed by atoms with Crippen LogP contribution in [-0.4, -0.2) is 20.9 Å². The Morgan fingerprint density at radius 2 is 2.04 bits per heavy atom. The van der Waals surface area contributed by atoms with Gasteiger partial charge in [-0.25, -0.2) is 4.68 Å². The number of ether oxygens (including phenoxy) is 1. The van der Waals surface area contributed by atoms with Crippen LogP contribution in [0.25, 0.3) is 0 Å². The third-order valence-electron chi connectivity index (χ3n) is 3.58. The SMILES string of the molecule is CCc1ccc(OCn2cc(NC(=S)NC(C)CC)cn2)cc1. The highest BCUT2D eigenvalue weighted by Gasteiger charge is 2.04. The molecule has 0 aliphatic rings. The maximum Gasteiger partial charge on any atom is 0.180 e. The van der Waals surface area contributed by atoms with E-state index in [1.165, 1.54) is 5.56 Å². The van der Waals surface area contributed by atoms with Crippen LogP contribution in [0.4, 0.5) is 5.69 Å². The van der Waals surface area contributed by atoms with Crippen LogP contribution < -0.4 is 15.4 Å². The molecule has 0 bridgehead atoms. The topological polar surface area (TPSA) is 51.1 Å². The summed E-state index contributed by atoms with van der Waals surface area (Å²) >= 11 is 5.26. The van der Waals surface area contributed by atoms with Gasteiger partial charge in [0.2, 0.25) is 0 Å². The average Bonchev–Trinajstić information content (AvgIpc) is 3.00. The number of aryl methyl sites for hydroxylation is 1. The third-order valence-corrected chi connectivity index (χ3v) is 3.80. The van der Waals surface area contributed by atoms with E-state index in [4.69, 9.17) is 17.0 Å². The largest absolute Gasteiger partial charge is 0.471 e. The molecule has 1 unspecified atom stereocenters. The summed E-state index contributed by atoms with van der Waals surface area (Å²) in [5, 5.41) is 11.2. The molecule has 0 saturated heterocycles. The van der Waals surface area contributed by atoms with Crippen LogP contribution in [0.1, 0.15) is 32.8 Å². The molecule has 5 nitrogen and oxygen atoms in total. The van der Waals surface area contributed by atoms with Gasteiger partial charge in [-0.1, -0.05) is 26.0 Å². The Bertz CT molecular complexity index is 624. The zero-order valence-electron chi connectivity index (χ0n) is 13.9. The zero-order chi connectivity index (χ0) is 16.7. The molecule has 2 aromatic rings. The Balaban J connectivity index is 1.83. The molecule has 23 heavy (non-hydrogen) atoms. The highest BCUT2D eigenvalue weighted by atomic mass is 32.1. The Hall–Kier alpha value is -2.08. The lowest BCUT2D eigenvalue weighted by atomic mass is 10.2. The first-order chi connectivity index (χ1) is 11.1. The van der Waals surface area contributed by atoms with Crippen LogP contribution in [0, 0.1) is 0 Å². The summed E-state index contributed by atoms with van der Waals surface area (Å²) in [7, 11) is 0. The molecule has 0 fully saturated rings. The highest BCUT2D eigenvalue weighted by molar-refractivity contribution is 7.80. The molecule has 0 aliphatic carbocycles. The fraction of sp³-hybridized carbons (Fsp3) is 0.412. The second-order valence-electron chi connectivity index (χ2n) is 5.45. The minimum Gasteiger partial charge on any atom is -0.471 e. The van der Waals surface area contributed by atoms with Crippen molar-refractivity contribution < 1.29 is 4.74 Å². The van der Waals surface area contributed by atoms with Crippen molar-refractivity contribution in [1.82, 2.24) is 15.1 Å². The molecule has 124 valence electrons. The van der Waals surface area contributed by atoms with E-state index in [-0.39, 0.29) is 0 Å². The maximum atomic E-state index is 5.72. The Labute approximate surface area is 143 Å². The van der Waals surface area contributed by atoms with Crippen LogP contribution >= 0.6 is 12.2 Å². The van der Waals surface area contributed by atoms with Crippen molar-refractivity contribution in [2.45, 2.75) is 46.4 Å². The molecule has 0 aliphatic heterocycles. The minimum absolute atomic E-state index is 0.347. The molecule has 1 atom stereocenters. The Morgan fingerprint density at radius 3 is 2.70 bits per heavy atom. The first-order valence-corrected chi connectivity index (χ1v) is 8.33. The van der Waals surface area contributed by atoms with Crippen LogP contribution in [0.3, 0.4) is 0 Å². The van der Waals surface area contributed by atoms with Crippen molar-refractivity contribution in [1.29, 1.82) is 0 Å². The number of hydrogen-bond donors (Lipinski definition) is 2. The van der Waals surface area contributed by atoms with Crippen molar-refractivity contribution in [2.24, 2.45) is 0 Å². The van der Waals surface area contributed by atoms with E-state index in [0.29, 0.717) is 17.9 Å². The number of nitrogens with zero attached hydrogens (tertiary/aromatic N) is 2. The van der Waals surface area contributed by atoms with E-state index in [1.54, 1.807) is 10.9 Å². The number of rotatable bonds is 7. The average molecular weight is 332 g/mol. The lowest BCUT2D eigenvalue weighted by Gasteiger charge is -2.14. The van der Waals surface area contributed by atoms with Crippen LogP contribution in [0.2, 0.25) is 0 Å². The summed E-state index contributed by atoms with van der Waals surface area (Å²) in [6.45, 7) is 6.70. The molecular formula is C17H24N4OS. The number of nitrogens with one attached hydrogen (secondary N) is 2.